The van der Waals surface area contributed by atoms with Crippen LogP contribution in [0.3, 0.4) is 0 Å². The maximum Gasteiger partial charge on any atom is 0.321 e. The molecule has 2 amide bonds. The summed E-state index contributed by atoms with van der Waals surface area (Å²) in [6, 6.07) is 15.1. The molecule has 0 bridgehead atoms. The van der Waals surface area contributed by atoms with E-state index in [4.69, 9.17) is 5.73 Å². The zero-order chi connectivity index (χ0) is 14.5. The van der Waals surface area contributed by atoms with Crippen molar-refractivity contribution >= 4 is 17.4 Å². The van der Waals surface area contributed by atoms with Gasteiger partial charge >= 0.3 is 6.03 Å². The van der Waals surface area contributed by atoms with Crippen molar-refractivity contribution in [1.82, 2.24) is 4.90 Å². The van der Waals surface area contributed by atoms with Gasteiger partial charge in [0.15, 0.2) is 0 Å². The normalized spacial score (nSPS) is 10.1. The molecule has 4 nitrogen and oxygen atoms in total. The minimum absolute atomic E-state index is 0.143. The summed E-state index contributed by atoms with van der Waals surface area (Å²) < 4.78 is 0. The van der Waals surface area contributed by atoms with E-state index >= 15 is 0 Å². The monoisotopic (exact) mass is 269 g/mol. The van der Waals surface area contributed by atoms with Gasteiger partial charge in [-0.2, -0.15) is 0 Å². The molecule has 0 aliphatic rings. The van der Waals surface area contributed by atoms with Gasteiger partial charge in [-0.05, 0) is 36.8 Å². The molecular formula is C16H19N3O. The third kappa shape index (κ3) is 3.75. The first kappa shape index (κ1) is 13.9. The average Bonchev–Trinajstić information content (AvgIpc) is 2.44. The Balaban J connectivity index is 1.94. The number of carbonyl (C=O) groups is 1. The van der Waals surface area contributed by atoms with Crippen LogP contribution in [-0.4, -0.2) is 18.0 Å². The molecule has 0 saturated carbocycles. The van der Waals surface area contributed by atoms with Gasteiger partial charge in [0, 0.05) is 25.0 Å². The molecular weight excluding hydrogens is 250 g/mol. The molecule has 0 heterocycles. The molecule has 0 spiro atoms. The van der Waals surface area contributed by atoms with E-state index in [1.54, 1.807) is 36.2 Å². The zero-order valence-electron chi connectivity index (χ0n) is 11.8. The van der Waals surface area contributed by atoms with Crippen LogP contribution in [-0.2, 0) is 6.54 Å². The van der Waals surface area contributed by atoms with Crippen LogP contribution in [0.2, 0.25) is 0 Å². The predicted octanol–water partition coefficient (Wildman–Crippen LogP) is 3.24. The Hall–Kier alpha value is -2.49. The minimum atomic E-state index is -0.143. The van der Waals surface area contributed by atoms with Crippen molar-refractivity contribution in [3.8, 4) is 0 Å². The number of nitrogens with zero attached hydrogens (tertiary/aromatic N) is 1. The molecule has 0 atom stereocenters. The smallest absolute Gasteiger partial charge is 0.321 e. The summed E-state index contributed by atoms with van der Waals surface area (Å²) >= 11 is 0. The number of urea groups is 1. The Labute approximate surface area is 119 Å². The van der Waals surface area contributed by atoms with Gasteiger partial charge in [-0.1, -0.05) is 29.8 Å². The van der Waals surface area contributed by atoms with Gasteiger partial charge in [0.05, 0.1) is 0 Å². The number of hydrogen-bond donors (Lipinski definition) is 2. The van der Waals surface area contributed by atoms with E-state index in [0.29, 0.717) is 12.2 Å². The molecule has 0 unspecified atom stereocenters. The van der Waals surface area contributed by atoms with Crippen molar-refractivity contribution in [2.24, 2.45) is 0 Å². The fourth-order valence-electron chi connectivity index (χ4n) is 1.82. The molecule has 0 saturated heterocycles. The number of nitrogen functional groups attached to an aromatic ring is 1. The van der Waals surface area contributed by atoms with Crippen LogP contribution in [0, 0.1) is 6.92 Å². The maximum atomic E-state index is 12.1. The first-order valence-corrected chi connectivity index (χ1v) is 6.48. The molecule has 2 aromatic carbocycles. The fraction of sp³-hybridized carbons (Fsp3) is 0.188. The van der Waals surface area contributed by atoms with E-state index in [1.807, 2.05) is 31.2 Å². The third-order valence-corrected chi connectivity index (χ3v) is 3.05. The van der Waals surface area contributed by atoms with Crippen LogP contribution >= 0.6 is 0 Å². The Morgan fingerprint density at radius 1 is 1.10 bits per heavy atom. The highest BCUT2D eigenvalue weighted by Gasteiger charge is 2.09. The number of aryl methyl sites for hydroxylation is 1. The maximum absolute atomic E-state index is 12.1. The number of amides is 2. The lowest BCUT2D eigenvalue weighted by molar-refractivity contribution is 0.220. The summed E-state index contributed by atoms with van der Waals surface area (Å²) in [5.74, 6) is 0. The number of benzene rings is 2. The molecule has 104 valence electrons. The summed E-state index contributed by atoms with van der Waals surface area (Å²) in [6.45, 7) is 2.61. The van der Waals surface area contributed by atoms with Crippen molar-refractivity contribution in [2.75, 3.05) is 18.1 Å². The van der Waals surface area contributed by atoms with Gasteiger partial charge in [-0.15, -0.1) is 0 Å². The Bertz CT molecular complexity index is 576. The van der Waals surface area contributed by atoms with Crippen molar-refractivity contribution in [1.29, 1.82) is 0 Å². The first-order chi connectivity index (χ1) is 9.54. The topological polar surface area (TPSA) is 58.4 Å². The van der Waals surface area contributed by atoms with Gasteiger partial charge in [-0.25, -0.2) is 4.79 Å². The highest BCUT2D eigenvalue weighted by Crippen LogP contribution is 2.12. The van der Waals surface area contributed by atoms with Crippen LogP contribution in [0.15, 0.2) is 48.5 Å². The van der Waals surface area contributed by atoms with Crippen molar-refractivity contribution in [2.45, 2.75) is 13.5 Å². The number of anilines is 2. The molecule has 0 aromatic heterocycles. The minimum Gasteiger partial charge on any atom is -0.399 e. The van der Waals surface area contributed by atoms with Crippen LogP contribution in [0.1, 0.15) is 11.1 Å². The van der Waals surface area contributed by atoms with E-state index in [0.717, 1.165) is 11.3 Å². The fourth-order valence-corrected chi connectivity index (χ4v) is 1.82. The van der Waals surface area contributed by atoms with Crippen LogP contribution in [0.4, 0.5) is 16.2 Å². The van der Waals surface area contributed by atoms with Gasteiger partial charge in [0.1, 0.15) is 0 Å². The summed E-state index contributed by atoms with van der Waals surface area (Å²) in [4.78, 5) is 13.7. The Morgan fingerprint density at radius 2 is 1.70 bits per heavy atom. The predicted molar refractivity (Wildman–Crippen MR) is 82.5 cm³/mol. The summed E-state index contributed by atoms with van der Waals surface area (Å²) in [7, 11) is 1.77. The second-order valence-corrected chi connectivity index (χ2v) is 4.89. The first-order valence-electron chi connectivity index (χ1n) is 6.48. The van der Waals surface area contributed by atoms with Crippen molar-refractivity contribution in [3.63, 3.8) is 0 Å². The number of nitrogens with one attached hydrogen (secondary N) is 1. The van der Waals surface area contributed by atoms with Crippen LogP contribution in [0.25, 0.3) is 0 Å². The lowest BCUT2D eigenvalue weighted by Gasteiger charge is -2.18. The lowest BCUT2D eigenvalue weighted by atomic mass is 10.1. The molecule has 3 N–H and O–H groups in total. The Morgan fingerprint density at radius 3 is 2.30 bits per heavy atom. The van der Waals surface area contributed by atoms with E-state index in [-0.39, 0.29) is 6.03 Å². The summed E-state index contributed by atoms with van der Waals surface area (Å²) in [6.07, 6.45) is 0. The number of hydrogen-bond acceptors (Lipinski definition) is 2. The summed E-state index contributed by atoms with van der Waals surface area (Å²) in [5, 5.41) is 2.83. The molecule has 4 heteroatoms. The van der Waals surface area contributed by atoms with Crippen molar-refractivity contribution < 1.29 is 4.79 Å². The molecule has 0 aliphatic carbocycles. The molecule has 2 rings (SSSR count). The van der Waals surface area contributed by atoms with Gasteiger partial charge in [0.25, 0.3) is 0 Å². The van der Waals surface area contributed by atoms with Gasteiger partial charge in [0.2, 0.25) is 0 Å². The molecule has 0 aliphatic heterocycles. The van der Waals surface area contributed by atoms with Crippen molar-refractivity contribution in [3.05, 3.63) is 59.7 Å². The lowest BCUT2D eigenvalue weighted by Crippen LogP contribution is -2.30. The van der Waals surface area contributed by atoms with E-state index in [1.165, 1.54) is 5.56 Å². The number of rotatable bonds is 3. The SMILES string of the molecule is Cc1ccc(CN(C)C(=O)Nc2ccc(N)cc2)cc1. The third-order valence-electron chi connectivity index (χ3n) is 3.05. The molecule has 2 aromatic rings. The molecule has 0 fully saturated rings. The largest absolute Gasteiger partial charge is 0.399 e. The highest BCUT2D eigenvalue weighted by atomic mass is 16.2. The molecule has 0 radical (unpaired) electrons. The highest BCUT2D eigenvalue weighted by molar-refractivity contribution is 5.89. The number of nitrogens with two attached hydrogens (primary N) is 1. The Kier molecular flexibility index (Phi) is 4.25. The molecule has 20 heavy (non-hydrogen) atoms. The van der Waals surface area contributed by atoms with Gasteiger partial charge in [-0.3, -0.25) is 0 Å². The average molecular weight is 269 g/mol. The van der Waals surface area contributed by atoms with E-state index in [9.17, 15) is 4.79 Å². The van der Waals surface area contributed by atoms with E-state index < -0.39 is 0 Å². The van der Waals surface area contributed by atoms with Crippen LogP contribution < -0.4 is 11.1 Å². The van der Waals surface area contributed by atoms with Gasteiger partial charge < -0.3 is 16.0 Å². The quantitative estimate of drug-likeness (QED) is 0.840. The number of carbonyl (C=O) groups excluding carboxylic acids is 1. The van der Waals surface area contributed by atoms with Crippen LogP contribution in [0.5, 0.6) is 0 Å². The second kappa shape index (κ2) is 6.10. The summed E-state index contributed by atoms with van der Waals surface area (Å²) in [5.41, 5.74) is 9.33. The standard InChI is InChI=1S/C16H19N3O/c1-12-3-5-13(6-4-12)11-19(2)16(20)18-15-9-7-14(17)8-10-15/h3-10H,11,17H2,1-2H3,(H,18,20). The van der Waals surface area contributed by atoms with E-state index in [2.05, 4.69) is 5.32 Å². The second-order valence-electron chi connectivity index (χ2n) is 4.89. The zero-order valence-corrected chi connectivity index (χ0v) is 11.8.